The van der Waals surface area contributed by atoms with Crippen molar-refractivity contribution in [1.29, 1.82) is 0 Å². The molecule has 1 atom stereocenters. The number of aliphatic hydroxyl groups excluding tert-OH is 1. The summed E-state index contributed by atoms with van der Waals surface area (Å²) in [6.45, 7) is 7.63. The third kappa shape index (κ3) is 3.10. The summed E-state index contributed by atoms with van der Waals surface area (Å²) >= 11 is 0. The fourth-order valence-corrected chi connectivity index (χ4v) is 1.38. The number of aliphatic hydroxyl groups is 1. The van der Waals surface area contributed by atoms with Gasteiger partial charge in [-0.25, -0.2) is 0 Å². The molecule has 0 spiro atoms. The Morgan fingerprint density at radius 1 is 1.50 bits per heavy atom. The van der Waals surface area contributed by atoms with Gasteiger partial charge in [0.2, 0.25) is 0 Å². The van der Waals surface area contributed by atoms with E-state index in [4.69, 9.17) is 4.42 Å². The van der Waals surface area contributed by atoms with Crippen molar-refractivity contribution >= 4 is 5.91 Å². The Morgan fingerprint density at radius 3 is 2.56 bits per heavy atom. The summed E-state index contributed by atoms with van der Waals surface area (Å²) in [6, 6.07) is 1.70. The van der Waals surface area contributed by atoms with Crippen LogP contribution < -0.4 is 5.32 Å². The van der Waals surface area contributed by atoms with Gasteiger partial charge in [-0.2, -0.15) is 0 Å². The van der Waals surface area contributed by atoms with Gasteiger partial charge in [0.05, 0.1) is 11.7 Å². The van der Waals surface area contributed by atoms with Gasteiger partial charge in [0.15, 0.2) is 0 Å². The van der Waals surface area contributed by atoms with Crippen LogP contribution in [0.15, 0.2) is 10.5 Å². The normalized spacial score (nSPS) is 12.9. The van der Waals surface area contributed by atoms with Crippen LogP contribution in [0.5, 0.6) is 0 Å². The highest BCUT2D eigenvalue weighted by Crippen LogP contribution is 2.13. The standard InChI is InChI=1S/C12H19NO3/c1-7(2)11(14)6-13-12(15)10-5-8(3)16-9(10)4/h5,7,11,14H,6H2,1-4H3,(H,13,15). The number of hydrogen-bond acceptors (Lipinski definition) is 3. The summed E-state index contributed by atoms with van der Waals surface area (Å²) in [6.07, 6.45) is -0.516. The van der Waals surface area contributed by atoms with Crippen molar-refractivity contribution in [2.45, 2.75) is 33.8 Å². The van der Waals surface area contributed by atoms with E-state index >= 15 is 0 Å². The van der Waals surface area contributed by atoms with Gasteiger partial charge in [-0.15, -0.1) is 0 Å². The Balaban J connectivity index is 2.56. The Kier molecular flexibility index (Phi) is 4.12. The molecule has 0 aliphatic carbocycles. The van der Waals surface area contributed by atoms with Crippen molar-refractivity contribution in [1.82, 2.24) is 5.32 Å². The van der Waals surface area contributed by atoms with Crippen LogP contribution in [-0.4, -0.2) is 23.7 Å². The van der Waals surface area contributed by atoms with Gasteiger partial charge < -0.3 is 14.8 Å². The molecule has 0 aromatic carbocycles. The first kappa shape index (κ1) is 12.8. The number of furan rings is 1. The monoisotopic (exact) mass is 225 g/mol. The van der Waals surface area contributed by atoms with Crippen LogP contribution in [0.25, 0.3) is 0 Å². The van der Waals surface area contributed by atoms with Crippen LogP contribution in [-0.2, 0) is 0 Å². The van der Waals surface area contributed by atoms with Gasteiger partial charge in [0, 0.05) is 6.54 Å². The average Bonchev–Trinajstić information content (AvgIpc) is 2.53. The molecule has 4 nitrogen and oxygen atoms in total. The predicted molar refractivity (Wildman–Crippen MR) is 61.4 cm³/mol. The van der Waals surface area contributed by atoms with Crippen molar-refractivity contribution < 1.29 is 14.3 Å². The van der Waals surface area contributed by atoms with E-state index in [0.29, 0.717) is 17.1 Å². The second-order valence-corrected chi connectivity index (χ2v) is 4.35. The number of aryl methyl sites for hydroxylation is 2. The van der Waals surface area contributed by atoms with E-state index in [9.17, 15) is 9.90 Å². The first-order chi connectivity index (χ1) is 7.41. The maximum absolute atomic E-state index is 11.7. The quantitative estimate of drug-likeness (QED) is 0.819. The number of rotatable bonds is 4. The van der Waals surface area contributed by atoms with E-state index in [2.05, 4.69) is 5.32 Å². The van der Waals surface area contributed by atoms with Gasteiger partial charge in [-0.05, 0) is 25.8 Å². The number of amides is 1. The Bertz CT molecular complexity index is 368. The molecular weight excluding hydrogens is 206 g/mol. The minimum Gasteiger partial charge on any atom is -0.466 e. The van der Waals surface area contributed by atoms with E-state index < -0.39 is 6.10 Å². The van der Waals surface area contributed by atoms with E-state index in [1.165, 1.54) is 0 Å². The Hall–Kier alpha value is -1.29. The molecule has 1 amide bonds. The SMILES string of the molecule is Cc1cc(C(=O)NCC(O)C(C)C)c(C)o1. The maximum Gasteiger partial charge on any atom is 0.254 e. The highest BCUT2D eigenvalue weighted by molar-refractivity contribution is 5.95. The van der Waals surface area contributed by atoms with Gasteiger partial charge in [0.1, 0.15) is 11.5 Å². The fraction of sp³-hybridized carbons (Fsp3) is 0.583. The summed E-state index contributed by atoms with van der Waals surface area (Å²) in [7, 11) is 0. The molecule has 1 unspecified atom stereocenters. The summed E-state index contributed by atoms with van der Waals surface area (Å²) < 4.78 is 5.27. The highest BCUT2D eigenvalue weighted by Gasteiger charge is 2.15. The number of hydrogen-bond donors (Lipinski definition) is 2. The molecule has 4 heteroatoms. The largest absolute Gasteiger partial charge is 0.466 e. The molecule has 16 heavy (non-hydrogen) atoms. The van der Waals surface area contributed by atoms with Gasteiger partial charge in [-0.3, -0.25) is 4.79 Å². The van der Waals surface area contributed by atoms with Crippen LogP contribution >= 0.6 is 0 Å². The average molecular weight is 225 g/mol. The van der Waals surface area contributed by atoms with Crippen molar-refractivity contribution in [2.75, 3.05) is 6.54 Å². The molecule has 1 rings (SSSR count). The summed E-state index contributed by atoms with van der Waals surface area (Å²) in [5.41, 5.74) is 0.536. The molecule has 0 aliphatic heterocycles. The molecule has 90 valence electrons. The van der Waals surface area contributed by atoms with Crippen LogP contribution in [0.2, 0.25) is 0 Å². The third-order valence-corrected chi connectivity index (χ3v) is 2.53. The number of nitrogens with one attached hydrogen (secondary N) is 1. The van der Waals surface area contributed by atoms with Gasteiger partial charge >= 0.3 is 0 Å². The molecule has 1 aromatic rings. The molecular formula is C12H19NO3. The molecule has 1 heterocycles. The summed E-state index contributed by atoms with van der Waals surface area (Å²) in [4.78, 5) is 11.7. The zero-order chi connectivity index (χ0) is 12.3. The zero-order valence-electron chi connectivity index (χ0n) is 10.2. The first-order valence-electron chi connectivity index (χ1n) is 5.45. The van der Waals surface area contributed by atoms with Crippen molar-refractivity contribution in [2.24, 2.45) is 5.92 Å². The maximum atomic E-state index is 11.7. The van der Waals surface area contributed by atoms with Crippen molar-refractivity contribution in [3.8, 4) is 0 Å². The van der Waals surface area contributed by atoms with E-state index in [-0.39, 0.29) is 18.4 Å². The molecule has 0 aliphatic rings. The van der Waals surface area contributed by atoms with Crippen molar-refractivity contribution in [3.63, 3.8) is 0 Å². The van der Waals surface area contributed by atoms with Crippen molar-refractivity contribution in [3.05, 3.63) is 23.2 Å². The first-order valence-corrected chi connectivity index (χ1v) is 5.45. The smallest absolute Gasteiger partial charge is 0.254 e. The molecule has 0 saturated carbocycles. The lowest BCUT2D eigenvalue weighted by Crippen LogP contribution is -2.34. The van der Waals surface area contributed by atoms with E-state index in [1.807, 2.05) is 13.8 Å². The topological polar surface area (TPSA) is 62.5 Å². The minimum absolute atomic E-state index is 0.132. The van der Waals surface area contributed by atoms with Gasteiger partial charge in [-0.1, -0.05) is 13.8 Å². The molecule has 0 saturated heterocycles. The van der Waals surface area contributed by atoms with E-state index in [0.717, 1.165) is 0 Å². The Labute approximate surface area is 95.7 Å². The lowest BCUT2D eigenvalue weighted by molar-refractivity contribution is 0.0870. The minimum atomic E-state index is -0.516. The number of carbonyl (C=O) groups is 1. The van der Waals surface area contributed by atoms with E-state index in [1.54, 1.807) is 19.9 Å². The summed E-state index contributed by atoms with van der Waals surface area (Å²) in [5.74, 6) is 1.25. The second-order valence-electron chi connectivity index (χ2n) is 4.35. The third-order valence-electron chi connectivity index (χ3n) is 2.53. The lowest BCUT2D eigenvalue weighted by Gasteiger charge is -2.14. The molecule has 0 fully saturated rings. The Morgan fingerprint density at radius 2 is 2.12 bits per heavy atom. The fourth-order valence-electron chi connectivity index (χ4n) is 1.38. The lowest BCUT2D eigenvalue weighted by atomic mass is 10.1. The van der Waals surface area contributed by atoms with Crippen LogP contribution in [0.4, 0.5) is 0 Å². The zero-order valence-corrected chi connectivity index (χ0v) is 10.2. The molecule has 1 aromatic heterocycles. The second kappa shape index (κ2) is 5.16. The summed E-state index contributed by atoms with van der Waals surface area (Å²) in [5, 5.41) is 12.2. The number of carbonyl (C=O) groups excluding carboxylic acids is 1. The van der Waals surface area contributed by atoms with Crippen LogP contribution in [0.3, 0.4) is 0 Å². The highest BCUT2D eigenvalue weighted by atomic mass is 16.3. The van der Waals surface area contributed by atoms with Crippen LogP contribution in [0.1, 0.15) is 35.7 Å². The van der Waals surface area contributed by atoms with Crippen LogP contribution in [0, 0.1) is 19.8 Å². The molecule has 0 radical (unpaired) electrons. The molecule has 2 N–H and O–H groups in total. The molecule has 0 bridgehead atoms. The van der Waals surface area contributed by atoms with Gasteiger partial charge in [0.25, 0.3) is 5.91 Å². The predicted octanol–water partition coefficient (Wildman–Crippen LogP) is 1.64.